The first kappa shape index (κ1) is 13.7. The number of fused-ring (bicyclic) bond motifs is 1. The summed E-state index contributed by atoms with van der Waals surface area (Å²) in [6.45, 7) is 2.00. The molecule has 2 heterocycles. The van der Waals surface area contributed by atoms with Crippen LogP contribution in [0.4, 0.5) is 0 Å². The van der Waals surface area contributed by atoms with Crippen LogP contribution in [0.25, 0.3) is 10.9 Å². The summed E-state index contributed by atoms with van der Waals surface area (Å²) in [5, 5.41) is 5.52. The summed E-state index contributed by atoms with van der Waals surface area (Å²) in [7, 11) is 1.96. The van der Waals surface area contributed by atoms with Gasteiger partial charge in [0.1, 0.15) is 0 Å². The Hall–Kier alpha value is -2.24. The molecule has 1 aromatic carbocycles. The Morgan fingerprint density at radius 3 is 2.86 bits per heavy atom. The molecule has 1 unspecified atom stereocenters. The number of nitrogens with zero attached hydrogens (tertiary/aromatic N) is 3. The van der Waals surface area contributed by atoms with E-state index in [1.165, 1.54) is 0 Å². The van der Waals surface area contributed by atoms with Crippen molar-refractivity contribution in [2.24, 2.45) is 12.9 Å². The predicted octanol–water partition coefficient (Wildman–Crippen LogP) is 2.02. The highest BCUT2D eigenvalue weighted by molar-refractivity contribution is 5.82. The van der Waals surface area contributed by atoms with Gasteiger partial charge in [-0.1, -0.05) is 18.2 Å². The predicted molar refractivity (Wildman–Crippen MR) is 83.5 cm³/mol. The lowest BCUT2D eigenvalue weighted by atomic mass is 9.98. The van der Waals surface area contributed by atoms with Crippen molar-refractivity contribution < 1.29 is 0 Å². The zero-order valence-corrected chi connectivity index (χ0v) is 12.2. The summed E-state index contributed by atoms with van der Waals surface area (Å²) in [5.74, 6) is 5.80. The van der Waals surface area contributed by atoms with E-state index in [-0.39, 0.29) is 6.04 Å². The third-order valence-corrected chi connectivity index (χ3v) is 3.77. The van der Waals surface area contributed by atoms with E-state index < -0.39 is 0 Å². The Bertz CT molecular complexity index is 757. The van der Waals surface area contributed by atoms with Crippen LogP contribution < -0.4 is 11.3 Å². The number of rotatable bonds is 4. The highest BCUT2D eigenvalue weighted by Crippen LogP contribution is 2.25. The largest absolute Gasteiger partial charge is 0.272 e. The molecule has 0 saturated heterocycles. The Balaban J connectivity index is 2.00. The summed E-state index contributed by atoms with van der Waals surface area (Å²) in [4.78, 5) is 4.40. The minimum Gasteiger partial charge on any atom is -0.272 e. The minimum absolute atomic E-state index is 0.0210. The summed E-state index contributed by atoms with van der Waals surface area (Å²) in [5.41, 5.74) is 7.23. The molecule has 0 fully saturated rings. The van der Waals surface area contributed by atoms with Crippen LogP contribution in [0.2, 0.25) is 0 Å². The molecule has 21 heavy (non-hydrogen) atoms. The maximum atomic E-state index is 5.80. The van der Waals surface area contributed by atoms with E-state index in [9.17, 15) is 0 Å². The molecule has 0 aliphatic carbocycles. The van der Waals surface area contributed by atoms with Gasteiger partial charge in [0, 0.05) is 30.7 Å². The molecule has 2 aromatic heterocycles. The molecule has 0 amide bonds. The number of nitrogens with one attached hydrogen (secondary N) is 1. The third kappa shape index (κ3) is 2.66. The Kier molecular flexibility index (Phi) is 3.68. The minimum atomic E-state index is 0.0210. The molecule has 3 rings (SSSR count). The van der Waals surface area contributed by atoms with E-state index >= 15 is 0 Å². The third-order valence-electron chi connectivity index (χ3n) is 3.77. The second-order valence-electron chi connectivity index (χ2n) is 5.24. The van der Waals surface area contributed by atoms with Gasteiger partial charge in [0.25, 0.3) is 0 Å². The van der Waals surface area contributed by atoms with Crippen LogP contribution in [0.15, 0.2) is 42.6 Å². The van der Waals surface area contributed by atoms with Crippen molar-refractivity contribution in [2.75, 3.05) is 0 Å². The molecule has 3 aromatic rings. The number of benzene rings is 1. The molecule has 3 N–H and O–H groups in total. The monoisotopic (exact) mass is 281 g/mol. The van der Waals surface area contributed by atoms with Crippen LogP contribution >= 0.6 is 0 Å². The van der Waals surface area contributed by atoms with Crippen molar-refractivity contribution in [3.8, 4) is 0 Å². The quantitative estimate of drug-likeness (QED) is 0.567. The Morgan fingerprint density at radius 1 is 1.29 bits per heavy atom. The molecular weight excluding hydrogens is 262 g/mol. The Morgan fingerprint density at radius 2 is 2.14 bits per heavy atom. The van der Waals surface area contributed by atoms with E-state index in [0.29, 0.717) is 0 Å². The smallest absolute Gasteiger partial charge is 0.0705 e. The van der Waals surface area contributed by atoms with Crippen molar-refractivity contribution in [3.05, 3.63) is 59.5 Å². The van der Waals surface area contributed by atoms with Crippen LogP contribution in [-0.4, -0.2) is 14.8 Å². The van der Waals surface area contributed by atoms with E-state index in [2.05, 4.69) is 33.7 Å². The van der Waals surface area contributed by atoms with Gasteiger partial charge in [-0.15, -0.1) is 0 Å². The van der Waals surface area contributed by atoms with Gasteiger partial charge in [-0.2, -0.15) is 5.10 Å². The van der Waals surface area contributed by atoms with Gasteiger partial charge in [0.15, 0.2) is 0 Å². The number of aryl methyl sites for hydroxylation is 2. The lowest BCUT2D eigenvalue weighted by Crippen LogP contribution is -2.30. The van der Waals surface area contributed by atoms with Gasteiger partial charge in [-0.05, 0) is 30.7 Å². The topological polar surface area (TPSA) is 68.8 Å². The van der Waals surface area contributed by atoms with E-state index in [4.69, 9.17) is 5.84 Å². The van der Waals surface area contributed by atoms with Crippen LogP contribution in [0.5, 0.6) is 0 Å². The highest BCUT2D eigenvalue weighted by atomic mass is 15.3. The molecule has 0 aliphatic heterocycles. The van der Waals surface area contributed by atoms with Crippen molar-refractivity contribution >= 4 is 10.9 Å². The molecule has 108 valence electrons. The first-order chi connectivity index (χ1) is 10.2. The molecule has 0 radical (unpaired) electrons. The van der Waals surface area contributed by atoms with Gasteiger partial charge in [-0.25, -0.2) is 0 Å². The number of pyridine rings is 1. The highest BCUT2D eigenvalue weighted by Gasteiger charge is 2.16. The zero-order chi connectivity index (χ0) is 14.8. The van der Waals surface area contributed by atoms with Crippen molar-refractivity contribution in [1.29, 1.82) is 0 Å². The SMILES string of the molecule is Cc1cc(CC(NN)c2cccc3ncccc23)n(C)n1. The summed E-state index contributed by atoms with van der Waals surface area (Å²) in [6.07, 6.45) is 2.59. The van der Waals surface area contributed by atoms with Gasteiger partial charge < -0.3 is 0 Å². The van der Waals surface area contributed by atoms with Crippen LogP contribution in [0, 0.1) is 6.92 Å². The van der Waals surface area contributed by atoms with E-state index in [1.807, 2.05) is 43.0 Å². The van der Waals surface area contributed by atoms with Crippen molar-refractivity contribution in [3.63, 3.8) is 0 Å². The van der Waals surface area contributed by atoms with Gasteiger partial charge in [-0.3, -0.25) is 20.9 Å². The van der Waals surface area contributed by atoms with Crippen molar-refractivity contribution in [2.45, 2.75) is 19.4 Å². The summed E-state index contributed by atoms with van der Waals surface area (Å²) < 4.78 is 1.91. The first-order valence-corrected chi connectivity index (χ1v) is 6.98. The average molecular weight is 281 g/mol. The second-order valence-corrected chi connectivity index (χ2v) is 5.24. The maximum Gasteiger partial charge on any atom is 0.0705 e. The Labute approximate surface area is 123 Å². The lowest BCUT2D eigenvalue weighted by Gasteiger charge is -2.18. The standard InChI is InChI=1S/C16H19N5/c1-11-9-12(21(2)20-11)10-16(19-17)14-5-3-7-15-13(14)6-4-8-18-15/h3-9,16,19H,10,17H2,1-2H3. The zero-order valence-electron chi connectivity index (χ0n) is 12.2. The molecule has 0 bridgehead atoms. The molecular formula is C16H19N5. The molecule has 0 saturated carbocycles. The fourth-order valence-electron chi connectivity index (χ4n) is 2.75. The molecule has 1 atom stereocenters. The number of hydrazine groups is 1. The first-order valence-electron chi connectivity index (χ1n) is 6.98. The van der Waals surface area contributed by atoms with Gasteiger partial charge >= 0.3 is 0 Å². The lowest BCUT2D eigenvalue weighted by molar-refractivity contribution is 0.533. The molecule has 5 nitrogen and oxygen atoms in total. The second kappa shape index (κ2) is 5.63. The van der Waals surface area contributed by atoms with Crippen LogP contribution in [0.1, 0.15) is 23.0 Å². The number of nitrogens with two attached hydrogens (primary N) is 1. The molecule has 0 spiro atoms. The molecule has 5 heteroatoms. The molecule has 0 aliphatic rings. The van der Waals surface area contributed by atoms with Gasteiger partial charge in [0.2, 0.25) is 0 Å². The number of hydrogen-bond donors (Lipinski definition) is 2. The number of aromatic nitrogens is 3. The van der Waals surface area contributed by atoms with Crippen LogP contribution in [-0.2, 0) is 13.5 Å². The van der Waals surface area contributed by atoms with Gasteiger partial charge in [0.05, 0.1) is 17.3 Å². The fourth-order valence-corrected chi connectivity index (χ4v) is 2.75. The summed E-state index contributed by atoms with van der Waals surface area (Å²) >= 11 is 0. The maximum absolute atomic E-state index is 5.80. The van der Waals surface area contributed by atoms with Crippen LogP contribution in [0.3, 0.4) is 0 Å². The normalized spacial score (nSPS) is 12.7. The summed E-state index contributed by atoms with van der Waals surface area (Å²) in [6, 6.07) is 12.3. The van der Waals surface area contributed by atoms with Crippen molar-refractivity contribution in [1.82, 2.24) is 20.2 Å². The van der Waals surface area contributed by atoms with E-state index in [0.717, 1.165) is 34.3 Å². The fraction of sp³-hybridized carbons (Fsp3) is 0.250. The average Bonchev–Trinajstić information content (AvgIpc) is 2.82. The number of hydrogen-bond acceptors (Lipinski definition) is 4. The van der Waals surface area contributed by atoms with E-state index in [1.54, 1.807) is 0 Å².